The van der Waals surface area contributed by atoms with Crippen LogP contribution in [0.3, 0.4) is 0 Å². The van der Waals surface area contributed by atoms with Gasteiger partial charge in [-0.1, -0.05) is 36.4 Å². The van der Waals surface area contributed by atoms with Crippen LogP contribution in [0.5, 0.6) is 0 Å². The minimum absolute atomic E-state index is 0.0926. The largest absolute Gasteiger partial charge is 0.480 e. The lowest BCUT2D eigenvalue weighted by atomic mass is 9.71. The van der Waals surface area contributed by atoms with Crippen LogP contribution in [0.1, 0.15) is 11.1 Å². The third-order valence-electron chi connectivity index (χ3n) is 2.96. The molecule has 0 spiro atoms. The van der Waals surface area contributed by atoms with Crippen LogP contribution in [0.25, 0.3) is 6.08 Å². The van der Waals surface area contributed by atoms with Crippen molar-refractivity contribution in [2.75, 3.05) is 0 Å². The van der Waals surface area contributed by atoms with E-state index in [9.17, 15) is 24.9 Å². The highest BCUT2D eigenvalue weighted by atomic mass is 16.4. The zero-order valence-electron chi connectivity index (χ0n) is 8.70. The van der Waals surface area contributed by atoms with Crippen LogP contribution in [0.4, 0.5) is 0 Å². The van der Waals surface area contributed by atoms with Crippen molar-refractivity contribution in [2.45, 2.75) is 11.5 Å². The average Bonchev–Trinajstić information content (AvgIpc) is 2.28. The van der Waals surface area contributed by atoms with Crippen LogP contribution in [-0.4, -0.2) is 33.4 Å². The number of aliphatic carboxylic acids is 2. The van der Waals surface area contributed by atoms with Crippen molar-refractivity contribution in [3.63, 3.8) is 0 Å². The minimum Gasteiger partial charge on any atom is -0.480 e. The number of carboxylic acids is 2. The molecule has 5 heteroatoms. The van der Waals surface area contributed by atoms with E-state index >= 15 is 0 Å². The van der Waals surface area contributed by atoms with Gasteiger partial charge < -0.3 is 15.3 Å². The predicted octanol–water partition coefficient (Wildman–Crippen LogP) is 0.481. The first kappa shape index (κ1) is 11.3. The SMILES string of the molecule is O=C(O)C1(C(=O)O)c2ccccc2C=CC1O. The Balaban J connectivity index is 2.78. The lowest BCUT2D eigenvalue weighted by molar-refractivity contribution is -0.162. The first-order valence-electron chi connectivity index (χ1n) is 4.94. The zero-order chi connectivity index (χ0) is 12.6. The molecule has 0 amide bonds. The topological polar surface area (TPSA) is 94.8 Å². The Bertz CT molecular complexity index is 503. The van der Waals surface area contributed by atoms with Gasteiger partial charge in [0.1, 0.15) is 6.10 Å². The van der Waals surface area contributed by atoms with Crippen molar-refractivity contribution < 1.29 is 24.9 Å². The van der Waals surface area contributed by atoms with E-state index in [0.29, 0.717) is 5.56 Å². The molecule has 5 nitrogen and oxygen atoms in total. The number of hydrogen-bond acceptors (Lipinski definition) is 3. The van der Waals surface area contributed by atoms with E-state index in [1.165, 1.54) is 18.2 Å². The number of fused-ring (bicyclic) bond motifs is 1. The van der Waals surface area contributed by atoms with Crippen LogP contribution in [0.15, 0.2) is 30.3 Å². The molecule has 1 aliphatic rings. The Morgan fingerprint density at radius 1 is 1.12 bits per heavy atom. The summed E-state index contributed by atoms with van der Waals surface area (Å²) >= 11 is 0. The third-order valence-corrected chi connectivity index (χ3v) is 2.96. The number of carbonyl (C=O) groups is 2. The fourth-order valence-corrected chi connectivity index (χ4v) is 2.07. The second-order valence-corrected chi connectivity index (χ2v) is 3.81. The first-order chi connectivity index (χ1) is 8.01. The second-order valence-electron chi connectivity index (χ2n) is 3.81. The van der Waals surface area contributed by atoms with Crippen molar-refractivity contribution in [1.82, 2.24) is 0 Å². The molecule has 0 aromatic heterocycles. The Morgan fingerprint density at radius 3 is 2.29 bits per heavy atom. The maximum Gasteiger partial charge on any atom is 0.328 e. The summed E-state index contributed by atoms with van der Waals surface area (Å²) in [5, 5.41) is 28.2. The molecule has 1 aromatic carbocycles. The summed E-state index contributed by atoms with van der Waals surface area (Å²) in [5.74, 6) is -3.15. The van der Waals surface area contributed by atoms with E-state index < -0.39 is 23.5 Å². The van der Waals surface area contributed by atoms with Crippen molar-refractivity contribution in [1.29, 1.82) is 0 Å². The lowest BCUT2D eigenvalue weighted by Gasteiger charge is -2.32. The van der Waals surface area contributed by atoms with Crippen LogP contribution < -0.4 is 0 Å². The molecule has 2 rings (SSSR count). The molecule has 1 unspecified atom stereocenters. The molecule has 1 aromatic rings. The summed E-state index contributed by atoms with van der Waals surface area (Å²) in [6.45, 7) is 0. The zero-order valence-corrected chi connectivity index (χ0v) is 8.70. The van der Waals surface area contributed by atoms with Crippen molar-refractivity contribution in [3.8, 4) is 0 Å². The average molecular weight is 234 g/mol. The minimum atomic E-state index is -2.33. The Morgan fingerprint density at radius 2 is 1.71 bits per heavy atom. The molecule has 0 radical (unpaired) electrons. The van der Waals surface area contributed by atoms with E-state index in [1.807, 2.05) is 0 Å². The quantitative estimate of drug-likeness (QED) is 0.647. The maximum atomic E-state index is 11.3. The molecule has 1 atom stereocenters. The van der Waals surface area contributed by atoms with E-state index in [4.69, 9.17) is 0 Å². The predicted molar refractivity (Wildman–Crippen MR) is 58.4 cm³/mol. The molecule has 0 aliphatic heterocycles. The summed E-state index contributed by atoms with van der Waals surface area (Å²) in [4.78, 5) is 22.6. The summed E-state index contributed by atoms with van der Waals surface area (Å²) < 4.78 is 0. The fraction of sp³-hybridized carbons (Fsp3) is 0.167. The number of aliphatic hydroxyl groups is 1. The third kappa shape index (κ3) is 1.36. The molecule has 1 aliphatic carbocycles. The molecule has 17 heavy (non-hydrogen) atoms. The molecular formula is C12H10O5. The molecule has 88 valence electrons. The van der Waals surface area contributed by atoms with E-state index in [-0.39, 0.29) is 5.56 Å². The molecule has 0 bridgehead atoms. The molecule has 0 fully saturated rings. The van der Waals surface area contributed by atoms with Gasteiger partial charge in [-0.05, 0) is 11.1 Å². The van der Waals surface area contributed by atoms with Gasteiger partial charge >= 0.3 is 11.9 Å². The van der Waals surface area contributed by atoms with Gasteiger partial charge in [-0.2, -0.15) is 0 Å². The number of benzene rings is 1. The molecular weight excluding hydrogens is 224 g/mol. The van der Waals surface area contributed by atoms with Gasteiger partial charge in [0, 0.05) is 0 Å². The summed E-state index contributed by atoms with van der Waals surface area (Å²) in [5.41, 5.74) is -1.75. The van der Waals surface area contributed by atoms with Gasteiger partial charge in [-0.15, -0.1) is 0 Å². The monoisotopic (exact) mass is 234 g/mol. The number of rotatable bonds is 2. The summed E-state index contributed by atoms with van der Waals surface area (Å²) in [7, 11) is 0. The van der Waals surface area contributed by atoms with Crippen molar-refractivity contribution in [2.24, 2.45) is 0 Å². The van der Waals surface area contributed by atoms with Crippen LogP contribution in [0.2, 0.25) is 0 Å². The molecule has 0 saturated carbocycles. The van der Waals surface area contributed by atoms with Crippen LogP contribution in [-0.2, 0) is 15.0 Å². The highest BCUT2D eigenvalue weighted by molar-refractivity contribution is 6.07. The van der Waals surface area contributed by atoms with Gasteiger partial charge in [-0.3, -0.25) is 9.59 Å². The smallest absolute Gasteiger partial charge is 0.328 e. The summed E-state index contributed by atoms with van der Waals surface area (Å²) in [6.07, 6.45) is 1.11. The van der Waals surface area contributed by atoms with Crippen molar-refractivity contribution in [3.05, 3.63) is 41.5 Å². The Labute approximate surface area is 96.6 Å². The number of carboxylic acid groups (broad SMARTS) is 2. The normalized spacial score (nSPS) is 20.6. The molecule has 0 saturated heterocycles. The highest BCUT2D eigenvalue weighted by Crippen LogP contribution is 2.36. The Hall–Kier alpha value is -2.14. The number of hydrogen-bond donors (Lipinski definition) is 3. The first-order valence-corrected chi connectivity index (χ1v) is 4.94. The maximum absolute atomic E-state index is 11.3. The van der Waals surface area contributed by atoms with Gasteiger partial charge in [0.25, 0.3) is 0 Å². The lowest BCUT2D eigenvalue weighted by Crippen LogP contribution is -2.53. The van der Waals surface area contributed by atoms with E-state index in [2.05, 4.69) is 0 Å². The van der Waals surface area contributed by atoms with Gasteiger partial charge in [0.2, 0.25) is 5.41 Å². The highest BCUT2D eigenvalue weighted by Gasteiger charge is 2.55. The van der Waals surface area contributed by atoms with E-state index in [0.717, 1.165) is 0 Å². The van der Waals surface area contributed by atoms with Gasteiger partial charge in [0.05, 0.1) is 0 Å². The second kappa shape index (κ2) is 3.71. The molecule has 0 heterocycles. The standard InChI is InChI=1S/C12H10O5/c13-9-6-5-7-3-1-2-4-8(7)12(9,10(14)15)11(16)17/h1-6,9,13H,(H,14,15)(H,16,17). The van der Waals surface area contributed by atoms with Gasteiger partial charge in [-0.25, -0.2) is 0 Å². The fourth-order valence-electron chi connectivity index (χ4n) is 2.07. The van der Waals surface area contributed by atoms with Crippen LogP contribution >= 0.6 is 0 Å². The van der Waals surface area contributed by atoms with Crippen molar-refractivity contribution >= 4 is 18.0 Å². The van der Waals surface area contributed by atoms with Gasteiger partial charge in [0.15, 0.2) is 0 Å². The number of aliphatic hydroxyl groups excluding tert-OH is 1. The summed E-state index contributed by atoms with van der Waals surface area (Å²) in [6, 6.07) is 6.24. The van der Waals surface area contributed by atoms with Crippen LogP contribution in [0, 0.1) is 0 Å². The van der Waals surface area contributed by atoms with E-state index in [1.54, 1.807) is 18.2 Å². The molecule has 3 N–H and O–H groups in total. The Kier molecular flexibility index (Phi) is 2.48.